The van der Waals surface area contributed by atoms with Crippen LogP contribution < -0.4 is 5.32 Å². The van der Waals surface area contributed by atoms with Gasteiger partial charge in [-0.2, -0.15) is 4.31 Å². The number of nitrogens with zero attached hydrogens (tertiary/aromatic N) is 2. The number of sulfonamides is 1. The molecule has 2 aliphatic rings. The minimum atomic E-state index is -4.12. The molecule has 29 heavy (non-hydrogen) atoms. The molecule has 0 bridgehead atoms. The van der Waals surface area contributed by atoms with Gasteiger partial charge in [-0.1, -0.05) is 0 Å². The molecule has 0 atom stereocenters. The monoisotopic (exact) mass is 429 g/mol. The number of rotatable bonds is 5. The smallest absolute Gasteiger partial charge is 0.246 e. The number of hydrogen-bond acceptors (Lipinski definition) is 4. The van der Waals surface area contributed by atoms with Gasteiger partial charge in [0.05, 0.1) is 0 Å². The fourth-order valence-corrected chi connectivity index (χ4v) is 5.60. The zero-order chi connectivity index (χ0) is 21.2. The third-order valence-corrected chi connectivity index (χ3v) is 7.86. The van der Waals surface area contributed by atoms with Crippen LogP contribution in [-0.4, -0.2) is 61.8 Å². The molecule has 6 nitrogen and oxygen atoms in total. The van der Waals surface area contributed by atoms with E-state index in [1.165, 1.54) is 0 Å². The van der Waals surface area contributed by atoms with Crippen LogP contribution in [0.4, 0.5) is 8.78 Å². The molecule has 2 heterocycles. The summed E-state index contributed by atoms with van der Waals surface area (Å²) in [5.41, 5.74) is 0. The number of hydrogen-bond donors (Lipinski definition) is 1. The van der Waals surface area contributed by atoms with Gasteiger partial charge in [0.15, 0.2) is 0 Å². The third kappa shape index (κ3) is 5.13. The van der Waals surface area contributed by atoms with Gasteiger partial charge in [0.2, 0.25) is 15.9 Å². The third-order valence-electron chi connectivity index (χ3n) is 5.94. The molecule has 1 N–H and O–H groups in total. The Labute approximate surface area is 171 Å². The van der Waals surface area contributed by atoms with Crippen LogP contribution in [0.25, 0.3) is 0 Å². The second-order valence-corrected chi connectivity index (χ2v) is 10.1. The molecule has 2 fully saturated rings. The predicted molar refractivity (Wildman–Crippen MR) is 106 cm³/mol. The van der Waals surface area contributed by atoms with E-state index >= 15 is 0 Å². The molecule has 1 aromatic rings. The summed E-state index contributed by atoms with van der Waals surface area (Å²) in [6.45, 7) is 6.47. The molecule has 0 saturated carbocycles. The summed E-state index contributed by atoms with van der Waals surface area (Å²) in [4.78, 5) is 14.3. The summed E-state index contributed by atoms with van der Waals surface area (Å²) < 4.78 is 53.8. The van der Waals surface area contributed by atoms with Gasteiger partial charge in [0.1, 0.15) is 16.5 Å². The molecule has 9 heteroatoms. The van der Waals surface area contributed by atoms with Crippen molar-refractivity contribution in [3.05, 3.63) is 29.8 Å². The molecule has 0 unspecified atom stereocenters. The van der Waals surface area contributed by atoms with Crippen LogP contribution >= 0.6 is 0 Å². The molecule has 0 aliphatic carbocycles. The van der Waals surface area contributed by atoms with Crippen LogP contribution in [0.3, 0.4) is 0 Å². The number of benzene rings is 1. The van der Waals surface area contributed by atoms with Crippen LogP contribution in [0.15, 0.2) is 23.1 Å². The first-order valence-electron chi connectivity index (χ1n) is 10.2. The summed E-state index contributed by atoms with van der Waals surface area (Å²) in [6.07, 6.45) is 2.56. The second-order valence-electron chi connectivity index (χ2n) is 8.17. The van der Waals surface area contributed by atoms with Crippen LogP contribution in [0.5, 0.6) is 0 Å². The first kappa shape index (κ1) is 22.1. The Bertz CT molecular complexity index is 831. The van der Waals surface area contributed by atoms with Crippen LogP contribution in [0, 0.1) is 17.6 Å². The maximum atomic E-state index is 13.9. The number of carbonyl (C=O) groups excluding carboxylic acids is 1. The average molecular weight is 430 g/mol. The van der Waals surface area contributed by atoms with Crippen molar-refractivity contribution < 1.29 is 22.0 Å². The van der Waals surface area contributed by atoms with Crippen molar-refractivity contribution in [1.29, 1.82) is 0 Å². The van der Waals surface area contributed by atoms with Gasteiger partial charge < -0.3 is 10.2 Å². The van der Waals surface area contributed by atoms with E-state index in [4.69, 9.17) is 0 Å². The van der Waals surface area contributed by atoms with Gasteiger partial charge in [0, 0.05) is 44.2 Å². The van der Waals surface area contributed by atoms with Crippen molar-refractivity contribution in [2.75, 3.05) is 26.2 Å². The predicted octanol–water partition coefficient (Wildman–Crippen LogP) is 2.35. The molecule has 2 saturated heterocycles. The highest BCUT2D eigenvalue weighted by atomic mass is 32.2. The van der Waals surface area contributed by atoms with Crippen molar-refractivity contribution in [2.24, 2.45) is 5.92 Å². The quantitative estimate of drug-likeness (QED) is 0.780. The molecule has 162 valence electrons. The number of carbonyl (C=O) groups is 1. The summed E-state index contributed by atoms with van der Waals surface area (Å²) in [7, 11) is -4.12. The van der Waals surface area contributed by atoms with Crippen molar-refractivity contribution in [1.82, 2.24) is 14.5 Å². The van der Waals surface area contributed by atoms with Gasteiger partial charge >= 0.3 is 0 Å². The molecule has 1 amide bonds. The van der Waals surface area contributed by atoms with Gasteiger partial charge in [-0.3, -0.25) is 4.79 Å². The van der Waals surface area contributed by atoms with E-state index in [-0.39, 0.29) is 31.0 Å². The van der Waals surface area contributed by atoms with Crippen LogP contribution in [-0.2, 0) is 14.8 Å². The number of halogens is 2. The highest BCUT2D eigenvalue weighted by molar-refractivity contribution is 7.89. The van der Waals surface area contributed by atoms with E-state index in [2.05, 4.69) is 24.1 Å². The van der Waals surface area contributed by atoms with Gasteiger partial charge in [0.25, 0.3) is 0 Å². The molecule has 1 aromatic carbocycles. The Morgan fingerprint density at radius 3 is 2.28 bits per heavy atom. The number of nitrogens with one attached hydrogen (secondary N) is 1. The molecule has 0 aromatic heterocycles. The molecule has 0 radical (unpaired) electrons. The first-order valence-corrected chi connectivity index (χ1v) is 11.6. The Hall–Kier alpha value is -1.58. The van der Waals surface area contributed by atoms with Crippen LogP contribution in [0.1, 0.15) is 39.5 Å². The number of piperidine rings is 2. The SMILES string of the molecule is CC(C)N1CCC(NC(=O)C2CCN(S(=O)(=O)c3cc(F)ccc3F)CC2)CC1. The fraction of sp³-hybridized carbons (Fsp3) is 0.650. The summed E-state index contributed by atoms with van der Waals surface area (Å²) in [6, 6.07) is 3.05. The zero-order valence-corrected chi connectivity index (χ0v) is 17.7. The van der Waals surface area contributed by atoms with Crippen molar-refractivity contribution in [2.45, 2.75) is 56.5 Å². The largest absolute Gasteiger partial charge is 0.353 e. The van der Waals surface area contributed by atoms with E-state index in [9.17, 15) is 22.0 Å². The molecule has 3 rings (SSSR count). The van der Waals surface area contributed by atoms with E-state index in [1.54, 1.807) is 0 Å². The zero-order valence-electron chi connectivity index (χ0n) is 16.9. The Morgan fingerprint density at radius 1 is 1.07 bits per heavy atom. The lowest BCUT2D eigenvalue weighted by atomic mass is 9.95. The van der Waals surface area contributed by atoms with Gasteiger partial charge in [-0.05, 0) is 57.7 Å². The summed E-state index contributed by atoms with van der Waals surface area (Å²) in [5.74, 6) is -2.08. The minimum Gasteiger partial charge on any atom is -0.353 e. The van der Waals surface area contributed by atoms with Gasteiger partial charge in [-0.25, -0.2) is 17.2 Å². The standard InChI is InChI=1S/C20H29F2N3O3S/c1-14(2)24-9-7-17(8-10-24)23-20(26)15-5-11-25(12-6-15)29(27,28)19-13-16(21)3-4-18(19)22/h3-4,13-15,17H,5-12H2,1-2H3,(H,23,26). The van der Waals surface area contributed by atoms with E-state index in [0.29, 0.717) is 24.9 Å². The average Bonchev–Trinajstić information content (AvgIpc) is 2.70. The van der Waals surface area contributed by atoms with Crippen molar-refractivity contribution in [3.8, 4) is 0 Å². The summed E-state index contributed by atoms with van der Waals surface area (Å²) in [5, 5.41) is 3.11. The normalized spacial score (nSPS) is 20.9. The van der Waals surface area contributed by atoms with Crippen molar-refractivity contribution >= 4 is 15.9 Å². The minimum absolute atomic E-state index is 0.0398. The maximum absolute atomic E-state index is 13.9. The maximum Gasteiger partial charge on any atom is 0.246 e. The lowest BCUT2D eigenvalue weighted by Crippen LogP contribution is -2.49. The van der Waals surface area contributed by atoms with Crippen molar-refractivity contribution in [3.63, 3.8) is 0 Å². The van der Waals surface area contributed by atoms with E-state index < -0.39 is 26.6 Å². The molecular formula is C20H29F2N3O3S. The lowest BCUT2D eigenvalue weighted by molar-refractivity contribution is -0.127. The van der Waals surface area contributed by atoms with Gasteiger partial charge in [-0.15, -0.1) is 0 Å². The molecule has 0 spiro atoms. The van der Waals surface area contributed by atoms with E-state index in [0.717, 1.165) is 42.4 Å². The number of amides is 1. The van der Waals surface area contributed by atoms with Crippen LogP contribution in [0.2, 0.25) is 0 Å². The Morgan fingerprint density at radius 2 is 1.69 bits per heavy atom. The lowest BCUT2D eigenvalue weighted by Gasteiger charge is -2.36. The topological polar surface area (TPSA) is 69.7 Å². The molecular weight excluding hydrogens is 400 g/mol. The number of likely N-dealkylation sites (tertiary alicyclic amines) is 1. The fourth-order valence-electron chi connectivity index (χ4n) is 4.05. The second kappa shape index (κ2) is 9.06. The highest BCUT2D eigenvalue weighted by Gasteiger charge is 2.34. The molecule has 2 aliphatic heterocycles. The van der Waals surface area contributed by atoms with E-state index in [1.807, 2.05) is 0 Å². The highest BCUT2D eigenvalue weighted by Crippen LogP contribution is 2.26. The first-order chi connectivity index (χ1) is 13.7. The Kier molecular flexibility index (Phi) is 6.90. The Balaban J connectivity index is 1.54. The summed E-state index contributed by atoms with van der Waals surface area (Å²) >= 11 is 0.